The van der Waals surface area contributed by atoms with E-state index in [1.165, 1.54) is 0 Å². The van der Waals surface area contributed by atoms with E-state index in [0.717, 1.165) is 11.5 Å². The van der Waals surface area contributed by atoms with Crippen molar-refractivity contribution in [2.75, 3.05) is 6.61 Å². The van der Waals surface area contributed by atoms with Gasteiger partial charge in [0.05, 0.1) is 12.5 Å². The molecule has 0 N–H and O–H groups in total. The van der Waals surface area contributed by atoms with Gasteiger partial charge >= 0.3 is 0 Å². The van der Waals surface area contributed by atoms with Gasteiger partial charge in [-0.25, -0.2) is 9.98 Å². The van der Waals surface area contributed by atoms with Crippen LogP contribution in [0.1, 0.15) is 12.8 Å². The molecule has 0 radical (unpaired) electrons. The first-order chi connectivity index (χ1) is 7.81. The molecule has 1 unspecified atom stereocenters. The number of fused-ring (bicyclic) bond motifs is 1. The second-order valence-corrected chi connectivity index (χ2v) is 3.75. The molecule has 2 aromatic heterocycles. The van der Waals surface area contributed by atoms with Crippen LogP contribution in [0.2, 0.25) is 0 Å². The van der Waals surface area contributed by atoms with Crippen LogP contribution >= 0.6 is 0 Å². The lowest BCUT2D eigenvalue weighted by atomic mass is 10.2. The monoisotopic (exact) mass is 217 g/mol. The molecule has 5 nitrogen and oxygen atoms in total. The average Bonchev–Trinajstić information content (AvgIpc) is 2.84. The van der Waals surface area contributed by atoms with Crippen molar-refractivity contribution < 1.29 is 9.15 Å². The first-order valence-corrected chi connectivity index (χ1v) is 5.19. The molecule has 2 aromatic rings. The topological polar surface area (TPSA) is 60.5 Å². The fourth-order valence-corrected chi connectivity index (χ4v) is 1.76. The van der Waals surface area contributed by atoms with E-state index in [4.69, 9.17) is 9.15 Å². The van der Waals surface area contributed by atoms with Gasteiger partial charge in [0.25, 0.3) is 0 Å². The summed E-state index contributed by atoms with van der Waals surface area (Å²) in [5.74, 6) is 1.40. The molecule has 5 heteroatoms. The number of hydrogen-bond acceptors (Lipinski definition) is 5. The van der Waals surface area contributed by atoms with Crippen LogP contribution in [0, 0.1) is 0 Å². The lowest BCUT2D eigenvalue weighted by Gasteiger charge is -1.99. The van der Waals surface area contributed by atoms with Crippen molar-refractivity contribution in [2.45, 2.75) is 19.4 Å². The van der Waals surface area contributed by atoms with Crippen LogP contribution in [-0.4, -0.2) is 28.5 Å². The van der Waals surface area contributed by atoms with Crippen molar-refractivity contribution in [3.63, 3.8) is 0 Å². The van der Waals surface area contributed by atoms with Gasteiger partial charge in [-0.3, -0.25) is 0 Å². The van der Waals surface area contributed by atoms with E-state index in [2.05, 4.69) is 15.0 Å². The summed E-state index contributed by atoms with van der Waals surface area (Å²) in [5, 5.41) is 0. The van der Waals surface area contributed by atoms with Crippen molar-refractivity contribution in [1.29, 1.82) is 0 Å². The van der Waals surface area contributed by atoms with Gasteiger partial charge in [-0.15, -0.1) is 0 Å². The molecule has 0 bridgehead atoms. The third kappa shape index (κ3) is 1.64. The van der Waals surface area contributed by atoms with Crippen LogP contribution in [0.15, 0.2) is 27.7 Å². The lowest BCUT2D eigenvalue weighted by molar-refractivity contribution is 0.308. The van der Waals surface area contributed by atoms with Crippen molar-refractivity contribution >= 4 is 17.1 Å². The molecule has 1 aliphatic rings. The van der Waals surface area contributed by atoms with Crippen LogP contribution in [0.3, 0.4) is 0 Å². The van der Waals surface area contributed by atoms with E-state index in [1.54, 1.807) is 6.20 Å². The maximum atomic E-state index is 5.57. The summed E-state index contributed by atoms with van der Waals surface area (Å²) in [4.78, 5) is 12.7. The molecule has 3 rings (SSSR count). The molecular formula is C11H11N3O2. The highest BCUT2D eigenvalue weighted by Crippen LogP contribution is 2.16. The summed E-state index contributed by atoms with van der Waals surface area (Å²) in [6.07, 6.45) is 2.36. The number of oxazole rings is 1. The van der Waals surface area contributed by atoms with Gasteiger partial charge in [0.1, 0.15) is 6.61 Å². The number of pyridine rings is 1. The molecule has 82 valence electrons. The first-order valence-electron chi connectivity index (χ1n) is 5.19. The fourth-order valence-electron chi connectivity index (χ4n) is 1.76. The molecule has 0 spiro atoms. The van der Waals surface area contributed by atoms with Gasteiger partial charge in [-0.1, -0.05) is 0 Å². The van der Waals surface area contributed by atoms with Gasteiger partial charge in [0, 0.05) is 13.1 Å². The smallest absolute Gasteiger partial charge is 0.199 e. The molecule has 0 fully saturated rings. The van der Waals surface area contributed by atoms with Gasteiger partial charge in [0.15, 0.2) is 23.0 Å². The molecule has 0 saturated carbocycles. The zero-order valence-electron chi connectivity index (χ0n) is 8.88. The Hall–Kier alpha value is -1.91. The van der Waals surface area contributed by atoms with Crippen LogP contribution < -0.4 is 0 Å². The van der Waals surface area contributed by atoms with Crippen molar-refractivity contribution in [2.24, 2.45) is 4.99 Å². The Labute approximate surface area is 92.2 Å². The zero-order valence-corrected chi connectivity index (χ0v) is 8.88. The predicted molar refractivity (Wildman–Crippen MR) is 58.4 cm³/mol. The second kappa shape index (κ2) is 3.59. The molecule has 1 atom stereocenters. The summed E-state index contributed by atoms with van der Waals surface area (Å²) >= 11 is 0. The quantitative estimate of drug-likeness (QED) is 0.766. The Morgan fingerprint density at radius 3 is 3.19 bits per heavy atom. The van der Waals surface area contributed by atoms with Crippen molar-refractivity contribution in [3.8, 4) is 0 Å². The fraction of sp³-hybridized carbons (Fsp3) is 0.364. The van der Waals surface area contributed by atoms with Gasteiger partial charge in [-0.05, 0) is 12.1 Å². The summed E-state index contributed by atoms with van der Waals surface area (Å²) in [6, 6.07) is 3.81. The number of hydrogen-bond donors (Lipinski definition) is 0. The minimum Gasteiger partial charge on any atom is -0.479 e. The Morgan fingerprint density at radius 1 is 1.50 bits per heavy atom. The van der Waals surface area contributed by atoms with E-state index in [-0.39, 0.29) is 6.04 Å². The number of aliphatic imine (C=N–C) groups is 1. The normalized spacial score (nSPS) is 19.8. The summed E-state index contributed by atoms with van der Waals surface area (Å²) in [5.41, 5.74) is 1.37. The largest absolute Gasteiger partial charge is 0.479 e. The highest BCUT2D eigenvalue weighted by Gasteiger charge is 2.19. The van der Waals surface area contributed by atoms with Crippen LogP contribution in [-0.2, 0) is 11.2 Å². The van der Waals surface area contributed by atoms with Crippen LogP contribution in [0.4, 0.5) is 0 Å². The average molecular weight is 217 g/mol. The minimum absolute atomic E-state index is 0.119. The van der Waals surface area contributed by atoms with E-state index in [1.807, 2.05) is 19.1 Å². The Kier molecular flexibility index (Phi) is 2.09. The minimum atomic E-state index is 0.119. The van der Waals surface area contributed by atoms with Crippen molar-refractivity contribution in [1.82, 2.24) is 9.97 Å². The van der Waals surface area contributed by atoms with Crippen LogP contribution in [0.25, 0.3) is 11.2 Å². The maximum absolute atomic E-state index is 5.57. The third-order valence-electron chi connectivity index (χ3n) is 2.47. The first kappa shape index (κ1) is 9.33. The van der Waals surface area contributed by atoms with Gasteiger partial charge in [-0.2, -0.15) is 4.98 Å². The molecular weight excluding hydrogens is 206 g/mol. The molecule has 0 aliphatic carbocycles. The highest BCUT2D eigenvalue weighted by atomic mass is 16.5. The molecule has 1 aliphatic heterocycles. The van der Waals surface area contributed by atoms with Gasteiger partial charge < -0.3 is 9.15 Å². The molecule has 3 heterocycles. The van der Waals surface area contributed by atoms with E-state index < -0.39 is 0 Å². The number of nitrogens with zero attached hydrogens (tertiary/aromatic N) is 3. The number of aromatic nitrogens is 2. The molecule has 0 amide bonds. The maximum Gasteiger partial charge on any atom is 0.199 e. The number of rotatable bonds is 2. The lowest BCUT2D eigenvalue weighted by Crippen LogP contribution is -2.10. The Morgan fingerprint density at radius 2 is 2.44 bits per heavy atom. The third-order valence-corrected chi connectivity index (χ3v) is 2.47. The van der Waals surface area contributed by atoms with E-state index in [9.17, 15) is 0 Å². The Bertz CT molecular complexity index is 514. The van der Waals surface area contributed by atoms with Gasteiger partial charge in [0.2, 0.25) is 0 Å². The standard InChI is InChI=1S/C11H11N3O2/c1-7-13-8(6-15-7)5-10-14-11-9(16-10)3-2-4-12-11/h2-4,8H,5-6H2,1H3. The summed E-state index contributed by atoms with van der Waals surface area (Å²) in [7, 11) is 0. The van der Waals surface area contributed by atoms with E-state index in [0.29, 0.717) is 24.6 Å². The number of ether oxygens (including phenoxy) is 1. The second-order valence-electron chi connectivity index (χ2n) is 3.75. The predicted octanol–water partition coefficient (Wildman–Crippen LogP) is 1.58. The summed E-state index contributed by atoms with van der Waals surface area (Å²) < 4.78 is 10.8. The Balaban J connectivity index is 1.84. The van der Waals surface area contributed by atoms with Crippen molar-refractivity contribution in [3.05, 3.63) is 24.2 Å². The zero-order chi connectivity index (χ0) is 11.0. The van der Waals surface area contributed by atoms with E-state index >= 15 is 0 Å². The molecule has 0 saturated heterocycles. The van der Waals surface area contributed by atoms with Crippen LogP contribution in [0.5, 0.6) is 0 Å². The SMILES string of the molecule is CC1=NC(Cc2nc3ncccc3o2)CO1. The molecule has 16 heavy (non-hydrogen) atoms. The highest BCUT2D eigenvalue weighted by molar-refractivity contribution is 5.74. The summed E-state index contributed by atoms with van der Waals surface area (Å²) in [6.45, 7) is 2.46. The molecule has 0 aromatic carbocycles.